The van der Waals surface area contributed by atoms with Gasteiger partial charge in [-0.2, -0.15) is 4.98 Å². The zero-order valence-electron chi connectivity index (χ0n) is 8.93. The first-order valence-electron chi connectivity index (χ1n) is 4.82. The summed E-state index contributed by atoms with van der Waals surface area (Å²) >= 11 is 10.4. The largest absolute Gasteiger partial charge is 0.421 e. The standard InChI is InChI=1S/C11H7ClFN3OS/c12-6-2-1-3-8(9(6)13)17-11-15-5-4-7(16-11)10(14)18/h1-5H,(H2,14,18). The molecule has 2 N–H and O–H groups in total. The lowest BCUT2D eigenvalue weighted by atomic mass is 10.3. The number of nitrogens with zero attached hydrogens (tertiary/aromatic N) is 2. The summed E-state index contributed by atoms with van der Waals surface area (Å²) in [5.41, 5.74) is 5.77. The highest BCUT2D eigenvalue weighted by Gasteiger charge is 2.10. The van der Waals surface area contributed by atoms with E-state index in [2.05, 4.69) is 9.97 Å². The zero-order chi connectivity index (χ0) is 13.1. The normalized spacial score (nSPS) is 10.1. The Morgan fingerprint density at radius 2 is 2.17 bits per heavy atom. The van der Waals surface area contributed by atoms with E-state index in [1.807, 2.05) is 0 Å². The van der Waals surface area contributed by atoms with Gasteiger partial charge >= 0.3 is 6.01 Å². The number of nitrogens with two attached hydrogens (primary N) is 1. The van der Waals surface area contributed by atoms with Gasteiger partial charge in [-0.05, 0) is 18.2 Å². The van der Waals surface area contributed by atoms with Crippen molar-refractivity contribution < 1.29 is 9.13 Å². The highest BCUT2D eigenvalue weighted by Crippen LogP contribution is 2.26. The van der Waals surface area contributed by atoms with Crippen LogP contribution in [0.3, 0.4) is 0 Å². The van der Waals surface area contributed by atoms with Crippen LogP contribution >= 0.6 is 23.8 Å². The summed E-state index contributed by atoms with van der Waals surface area (Å²) in [6.45, 7) is 0. The van der Waals surface area contributed by atoms with Crippen LogP contribution in [-0.4, -0.2) is 15.0 Å². The van der Waals surface area contributed by atoms with Crippen LogP contribution in [0.1, 0.15) is 5.69 Å². The second kappa shape index (κ2) is 5.24. The molecule has 0 saturated carbocycles. The van der Waals surface area contributed by atoms with E-state index in [0.29, 0.717) is 5.69 Å². The van der Waals surface area contributed by atoms with Gasteiger partial charge in [0.15, 0.2) is 11.6 Å². The Morgan fingerprint density at radius 1 is 1.39 bits per heavy atom. The van der Waals surface area contributed by atoms with E-state index in [9.17, 15) is 4.39 Å². The van der Waals surface area contributed by atoms with Gasteiger partial charge in [0, 0.05) is 6.20 Å². The average Bonchev–Trinajstić information content (AvgIpc) is 2.35. The average molecular weight is 284 g/mol. The fourth-order valence-electron chi connectivity index (χ4n) is 1.19. The van der Waals surface area contributed by atoms with Gasteiger partial charge in [0.05, 0.1) is 5.02 Å². The van der Waals surface area contributed by atoms with Crippen LogP contribution in [0, 0.1) is 5.82 Å². The van der Waals surface area contributed by atoms with Crippen molar-refractivity contribution in [1.82, 2.24) is 9.97 Å². The fraction of sp³-hybridized carbons (Fsp3) is 0. The van der Waals surface area contributed by atoms with Gasteiger partial charge in [0.2, 0.25) is 0 Å². The second-order valence-electron chi connectivity index (χ2n) is 3.24. The topological polar surface area (TPSA) is 61.0 Å². The van der Waals surface area contributed by atoms with E-state index in [1.165, 1.54) is 24.4 Å². The summed E-state index contributed by atoms with van der Waals surface area (Å²) in [7, 11) is 0. The summed E-state index contributed by atoms with van der Waals surface area (Å²) in [5, 5.41) is -0.0435. The molecule has 1 heterocycles. The summed E-state index contributed by atoms with van der Waals surface area (Å²) in [6.07, 6.45) is 1.42. The van der Waals surface area contributed by atoms with E-state index < -0.39 is 5.82 Å². The Bertz CT molecular complexity index is 609. The van der Waals surface area contributed by atoms with Crippen molar-refractivity contribution in [3.63, 3.8) is 0 Å². The van der Waals surface area contributed by atoms with Crippen LogP contribution in [-0.2, 0) is 0 Å². The van der Waals surface area contributed by atoms with Crippen LogP contribution < -0.4 is 10.5 Å². The molecule has 4 nitrogen and oxygen atoms in total. The third kappa shape index (κ3) is 2.72. The molecule has 0 aliphatic carbocycles. The summed E-state index contributed by atoms with van der Waals surface area (Å²) < 4.78 is 18.8. The van der Waals surface area contributed by atoms with Crippen molar-refractivity contribution in [2.45, 2.75) is 0 Å². The third-order valence-corrected chi connectivity index (χ3v) is 2.50. The van der Waals surface area contributed by atoms with Crippen molar-refractivity contribution >= 4 is 28.8 Å². The van der Waals surface area contributed by atoms with Gasteiger partial charge in [-0.15, -0.1) is 0 Å². The Morgan fingerprint density at radius 3 is 2.89 bits per heavy atom. The third-order valence-electron chi connectivity index (χ3n) is 2.00. The van der Waals surface area contributed by atoms with Crippen LogP contribution in [0.2, 0.25) is 5.02 Å². The second-order valence-corrected chi connectivity index (χ2v) is 4.09. The minimum atomic E-state index is -0.677. The molecule has 1 aromatic heterocycles. The Kier molecular flexibility index (Phi) is 3.69. The predicted octanol–water partition coefficient (Wildman–Crippen LogP) is 2.70. The number of benzene rings is 1. The SMILES string of the molecule is NC(=S)c1ccnc(Oc2cccc(Cl)c2F)n1. The Hall–Kier alpha value is -1.79. The summed E-state index contributed by atoms with van der Waals surface area (Å²) in [4.78, 5) is 7.86. The molecule has 1 aromatic carbocycles. The van der Waals surface area contributed by atoms with Crippen LogP contribution in [0.4, 0.5) is 4.39 Å². The maximum absolute atomic E-state index is 13.6. The molecule has 0 bridgehead atoms. The minimum absolute atomic E-state index is 0.0435. The van der Waals surface area contributed by atoms with Crippen LogP contribution in [0.5, 0.6) is 11.8 Å². The molecule has 7 heteroatoms. The molecule has 0 unspecified atom stereocenters. The molecule has 0 spiro atoms. The van der Waals surface area contributed by atoms with Crippen molar-refractivity contribution in [3.8, 4) is 11.8 Å². The maximum atomic E-state index is 13.6. The van der Waals surface area contributed by atoms with Crippen molar-refractivity contribution in [1.29, 1.82) is 0 Å². The van der Waals surface area contributed by atoms with Crippen molar-refractivity contribution in [3.05, 3.63) is 47.0 Å². The lowest BCUT2D eigenvalue weighted by molar-refractivity contribution is 0.411. The lowest BCUT2D eigenvalue weighted by Gasteiger charge is -2.06. The van der Waals surface area contributed by atoms with E-state index >= 15 is 0 Å². The van der Waals surface area contributed by atoms with Gasteiger partial charge in [0.1, 0.15) is 10.7 Å². The van der Waals surface area contributed by atoms with Crippen LogP contribution in [0.15, 0.2) is 30.5 Å². The quantitative estimate of drug-likeness (QED) is 0.878. The first-order chi connectivity index (χ1) is 8.58. The molecule has 18 heavy (non-hydrogen) atoms. The number of hydrogen-bond acceptors (Lipinski definition) is 4. The molecule has 2 rings (SSSR count). The first-order valence-corrected chi connectivity index (χ1v) is 5.61. The molecule has 0 fully saturated rings. The van der Waals surface area contributed by atoms with Crippen LogP contribution in [0.25, 0.3) is 0 Å². The molecular formula is C11H7ClFN3OS. The van der Waals surface area contributed by atoms with E-state index in [-0.39, 0.29) is 21.8 Å². The van der Waals surface area contributed by atoms with E-state index in [4.69, 9.17) is 34.3 Å². The summed E-state index contributed by atoms with van der Waals surface area (Å²) in [6, 6.07) is 5.86. The molecule has 0 radical (unpaired) electrons. The smallest absolute Gasteiger partial charge is 0.322 e. The molecule has 0 saturated heterocycles. The van der Waals surface area contributed by atoms with Gasteiger partial charge in [0.25, 0.3) is 0 Å². The van der Waals surface area contributed by atoms with Gasteiger partial charge in [-0.1, -0.05) is 29.9 Å². The number of ether oxygens (including phenoxy) is 1. The fourth-order valence-corrected chi connectivity index (χ4v) is 1.47. The monoisotopic (exact) mass is 283 g/mol. The highest BCUT2D eigenvalue weighted by atomic mass is 35.5. The summed E-state index contributed by atoms with van der Waals surface area (Å²) in [5.74, 6) is -0.744. The van der Waals surface area contributed by atoms with Gasteiger partial charge in [-0.3, -0.25) is 0 Å². The molecule has 0 aliphatic rings. The van der Waals surface area contributed by atoms with Gasteiger partial charge < -0.3 is 10.5 Å². The minimum Gasteiger partial charge on any atom is -0.421 e. The Balaban J connectivity index is 2.31. The highest BCUT2D eigenvalue weighted by molar-refractivity contribution is 7.80. The predicted molar refractivity (Wildman–Crippen MR) is 69.4 cm³/mol. The lowest BCUT2D eigenvalue weighted by Crippen LogP contribution is -2.12. The number of hydrogen-bond donors (Lipinski definition) is 1. The number of thiocarbonyl (C=S) groups is 1. The van der Waals surface area contributed by atoms with Crippen molar-refractivity contribution in [2.24, 2.45) is 5.73 Å². The number of rotatable bonds is 3. The zero-order valence-corrected chi connectivity index (χ0v) is 10.5. The first kappa shape index (κ1) is 12.7. The van der Waals surface area contributed by atoms with E-state index in [1.54, 1.807) is 6.07 Å². The molecular weight excluding hydrogens is 277 g/mol. The molecule has 0 atom stereocenters. The molecule has 0 aliphatic heterocycles. The van der Waals surface area contributed by atoms with Gasteiger partial charge in [-0.25, -0.2) is 9.37 Å². The molecule has 0 amide bonds. The number of halogens is 2. The van der Waals surface area contributed by atoms with E-state index in [0.717, 1.165) is 0 Å². The van der Waals surface area contributed by atoms with Crippen molar-refractivity contribution in [2.75, 3.05) is 0 Å². The number of aromatic nitrogens is 2. The molecule has 92 valence electrons. The Labute approximate surface area is 113 Å². The maximum Gasteiger partial charge on any atom is 0.322 e. The molecule has 2 aromatic rings.